The number of H-pyrrole nitrogens is 1. The summed E-state index contributed by atoms with van der Waals surface area (Å²) in [7, 11) is 0. The van der Waals surface area contributed by atoms with Crippen molar-refractivity contribution in [3.05, 3.63) is 41.2 Å². The summed E-state index contributed by atoms with van der Waals surface area (Å²) < 4.78 is 0. The van der Waals surface area contributed by atoms with Gasteiger partial charge in [0, 0.05) is 11.8 Å². The minimum absolute atomic E-state index is 0.244. The van der Waals surface area contributed by atoms with Gasteiger partial charge in [0.1, 0.15) is 5.15 Å². The number of aromatic nitrogens is 2. The molecule has 3 rings (SSSR count). The van der Waals surface area contributed by atoms with Crippen molar-refractivity contribution in [2.45, 2.75) is 12.5 Å². The van der Waals surface area contributed by atoms with Crippen LogP contribution in [0.3, 0.4) is 0 Å². The molecule has 0 bridgehead atoms. The van der Waals surface area contributed by atoms with E-state index < -0.39 is 0 Å². The topological polar surface area (TPSA) is 40.7 Å². The van der Waals surface area contributed by atoms with Crippen LogP contribution in [0.15, 0.2) is 30.5 Å². The van der Waals surface area contributed by atoms with Gasteiger partial charge in [0.05, 0.1) is 17.1 Å². The van der Waals surface area contributed by atoms with Crippen LogP contribution in [-0.2, 0) is 0 Å². The molecule has 0 fully saturated rings. The van der Waals surface area contributed by atoms with Gasteiger partial charge in [0.15, 0.2) is 0 Å². The van der Waals surface area contributed by atoms with Crippen molar-refractivity contribution in [2.24, 2.45) is 0 Å². The van der Waals surface area contributed by atoms with Crippen LogP contribution in [0.2, 0.25) is 5.15 Å². The Morgan fingerprint density at radius 3 is 3.12 bits per heavy atom. The van der Waals surface area contributed by atoms with Gasteiger partial charge in [-0.25, -0.2) is 4.98 Å². The number of hydrogen-bond acceptors (Lipinski definition) is 2. The van der Waals surface area contributed by atoms with Gasteiger partial charge < -0.3 is 10.3 Å². The summed E-state index contributed by atoms with van der Waals surface area (Å²) in [5.41, 5.74) is 3.14. The molecule has 2 aromatic heterocycles. The zero-order chi connectivity index (χ0) is 11.0. The van der Waals surface area contributed by atoms with E-state index in [1.807, 2.05) is 12.3 Å². The maximum Gasteiger partial charge on any atom is 0.129 e. The molecular weight excluding hydrogens is 222 g/mol. The fraction of sp³-hybridized carbons (Fsp3) is 0.250. The van der Waals surface area contributed by atoms with Gasteiger partial charge in [0.25, 0.3) is 0 Å². The fourth-order valence-electron chi connectivity index (χ4n) is 2.07. The van der Waals surface area contributed by atoms with E-state index in [1.165, 1.54) is 0 Å². The average Bonchev–Trinajstić information content (AvgIpc) is 2.73. The standard InChI is InChI=1S/C12H12ClN3/c13-11-5-4-10-12(16-11)8(7-15-10)9-3-1-2-6-14-9/h1,3-5,7,9,14-15H,2,6H2. The SMILES string of the molecule is Clc1ccc2[nH]cc(C3C=CCCN3)c2n1. The van der Waals surface area contributed by atoms with Gasteiger partial charge in [0.2, 0.25) is 0 Å². The maximum absolute atomic E-state index is 5.92. The molecule has 82 valence electrons. The Labute approximate surface area is 98.5 Å². The van der Waals surface area contributed by atoms with Crippen molar-refractivity contribution in [1.82, 2.24) is 15.3 Å². The molecular formula is C12H12ClN3. The van der Waals surface area contributed by atoms with Gasteiger partial charge in [-0.2, -0.15) is 0 Å². The number of fused-ring (bicyclic) bond motifs is 1. The first kappa shape index (κ1) is 9.87. The lowest BCUT2D eigenvalue weighted by atomic mass is 10.1. The van der Waals surface area contributed by atoms with Crippen molar-refractivity contribution in [3.63, 3.8) is 0 Å². The maximum atomic E-state index is 5.92. The highest BCUT2D eigenvalue weighted by atomic mass is 35.5. The predicted molar refractivity (Wildman–Crippen MR) is 65.6 cm³/mol. The van der Waals surface area contributed by atoms with Crippen molar-refractivity contribution in [3.8, 4) is 0 Å². The molecule has 0 aromatic carbocycles. The largest absolute Gasteiger partial charge is 0.359 e. The smallest absolute Gasteiger partial charge is 0.129 e. The molecule has 2 N–H and O–H groups in total. The van der Waals surface area contributed by atoms with E-state index in [-0.39, 0.29) is 6.04 Å². The van der Waals surface area contributed by atoms with Crippen LogP contribution in [0, 0.1) is 0 Å². The molecule has 0 radical (unpaired) electrons. The third kappa shape index (κ3) is 1.62. The molecule has 3 heterocycles. The molecule has 1 atom stereocenters. The third-order valence-corrected chi connectivity index (χ3v) is 3.07. The summed E-state index contributed by atoms with van der Waals surface area (Å²) in [6.07, 6.45) is 7.47. The van der Waals surface area contributed by atoms with Gasteiger partial charge in [-0.15, -0.1) is 0 Å². The van der Waals surface area contributed by atoms with E-state index in [4.69, 9.17) is 11.6 Å². The van der Waals surface area contributed by atoms with Crippen molar-refractivity contribution >= 4 is 22.6 Å². The molecule has 0 spiro atoms. The summed E-state index contributed by atoms with van der Waals surface area (Å²) in [6, 6.07) is 4.00. The summed E-state index contributed by atoms with van der Waals surface area (Å²) in [6.45, 7) is 1.01. The quantitative estimate of drug-likeness (QED) is 0.588. The fourth-order valence-corrected chi connectivity index (χ4v) is 2.22. The Bertz CT molecular complexity index is 544. The second kappa shape index (κ2) is 3.92. The van der Waals surface area contributed by atoms with Crippen LogP contribution in [-0.4, -0.2) is 16.5 Å². The number of hydrogen-bond donors (Lipinski definition) is 2. The van der Waals surface area contributed by atoms with E-state index in [0.717, 1.165) is 29.6 Å². The number of rotatable bonds is 1. The monoisotopic (exact) mass is 233 g/mol. The number of pyridine rings is 1. The number of nitrogens with zero attached hydrogens (tertiary/aromatic N) is 1. The van der Waals surface area contributed by atoms with Crippen molar-refractivity contribution < 1.29 is 0 Å². The Morgan fingerprint density at radius 1 is 1.38 bits per heavy atom. The van der Waals surface area contributed by atoms with Crippen molar-refractivity contribution in [2.75, 3.05) is 6.54 Å². The van der Waals surface area contributed by atoms with E-state index in [0.29, 0.717) is 5.15 Å². The van der Waals surface area contributed by atoms with Gasteiger partial charge in [-0.05, 0) is 25.1 Å². The van der Waals surface area contributed by atoms with Crippen molar-refractivity contribution in [1.29, 1.82) is 0 Å². The van der Waals surface area contributed by atoms with E-state index in [9.17, 15) is 0 Å². The molecule has 3 nitrogen and oxygen atoms in total. The summed E-state index contributed by atoms with van der Waals surface area (Å²) in [4.78, 5) is 7.59. The first-order chi connectivity index (χ1) is 7.84. The van der Waals surface area contributed by atoms with Crippen LogP contribution >= 0.6 is 11.6 Å². The molecule has 0 aliphatic carbocycles. The molecule has 0 amide bonds. The second-order valence-electron chi connectivity index (χ2n) is 3.92. The molecule has 2 aromatic rings. The summed E-state index contributed by atoms with van der Waals surface area (Å²) >= 11 is 5.92. The summed E-state index contributed by atoms with van der Waals surface area (Å²) in [5, 5.41) is 3.98. The Hall–Kier alpha value is -1.32. The van der Waals surface area contributed by atoms with Gasteiger partial charge in [-0.3, -0.25) is 0 Å². The normalized spacial score (nSPS) is 20.4. The first-order valence-corrected chi connectivity index (χ1v) is 5.76. The first-order valence-electron chi connectivity index (χ1n) is 5.38. The van der Waals surface area contributed by atoms with Crippen LogP contribution in [0.1, 0.15) is 18.0 Å². The molecule has 16 heavy (non-hydrogen) atoms. The van der Waals surface area contributed by atoms with Gasteiger partial charge >= 0.3 is 0 Å². The van der Waals surface area contributed by atoms with E-state index in [1.54, 1.807) is 6.07 Å². The molecule has 0 saturated heterocycles. The van der Waals surface area contributed by atoms with E-state index in [2.05, 4.69) is 27.4 Å². The van der Waals surface area contributed by atoms with E-state index >= 15 is 0 Å². The highest BCUT2D eigenvalue weighted by Gasteiger charge is 2.15. The zero-order valence-electron chi connectivity index (χ0n) is 8.70. The lowest BCUT2D eigenvalue weighted by Gasteiger charge is -2.17. The molecule has 1 aliphatic rings. The lowest BCUT2D eigenvalue weighted by Crippen LogP contribution is -2.23. The molecule has 0 saturated carbocycles. The minimum atomic E-state index is 0.244. The number of aromatic amines is 1. The van der Waals surface area contributed by atoms with Crippen LogP contribution in [0.4, 0.5) is 0 Å². The van der Waals surface area contributed by atoms with Crippen LogP contribution < -0.4 is 5.32 Å². The predicted octanol–water partition coefficient (Wildman–Crippen LogP) is 2.81. The Kier molecular flexibility index (Phi) is 2.42. The third-order valence-electron chi connectivity index (χ3n) is 2.86. The van der Waals surface area contributed by atoms with Crippen LogP contribution in [0.25, 0.3) is 11.0 Å². The molecule has 1 aliphatic heterocycles. The minimum Gasteiger partial charge on any atom is -0.359 e. The Balaban J connectivity index is 2.12. The number of nitrogens with one attached hydrogen (secondary N) is 2. The highest BCUT2D eigenvalue weighted by molar-refractivity contribution is 6.29. The highest BCUT2D eigenvalue weighted by Crippen LogP contribution is 2.26. The molecule has 4 heteroatoms. The summed E-state index contributed by atoms with van der Waals surface area (Å²) in [5.74, 6) is 0. The average molecular weight is 234 g/mol. The zero-order valence-corrected chi connectivity index (χ0v) is 9.46. The second-order valence-corrected chi connectivity index (χ2v) is 4.31. The number of halogens is 1. The lowest BCUT2D eigenvalue weighted by molar-refractivity contribution is 0.603. The Morgan fingerprint density at radius 2 is 2.31 bits per heavy atom. The van der Waals surface area contributed by atoms with Crippen LogP contribution in [0.5, 0.6) is 0 Å². The molecule has 1 unspecified atom stereocenters. The van der Waals surface area contributed by atoms with Gasteiger partial charge in [-0.1, -0.05) is 23.8 Å².